The van der Waals surface area contributed by atoms with Gasteiger partial charge in [0.05, 0.1) is 5.41 Å². The normalized spacial score (nSPS) is 12.3. The minimum Gasteiger partial charge on any atom is -0.282 e. The van der Waals surface area contributed by atoms with Crippen molar-refractivity contribution in [2.75, 3.05) is 0 Å². The first-order valence-corrected chi connectivity index (χ1v) is 9.70. The van der Waals surface area contributed by atoms with Crippen molar-refractivity contribution in [1.82, 2.24) is 0 Å². The van der Waals surface area contributed by atoms with Crippen molar-refractivity contribution in [2.24, 2.45) is 0 Å². The van der Waals surface area contributed by atoms with E-state index in [9.17, 15) is 8.42 Å². The number of unbranched alkanes of at least 4 members (excludes halogenated alkanes) is 12. The van der Waals surface area contributed by atoms with Gasteiger partial charge in [-0.2, -0.15) is 8.42 Å². The SMILES string of the molecule is CCCCCCCCCCCCCCC=CS(=O)(=O)O. The van der Waals surface area contributed by atoms with E-state index in [1.54, 1.807) is 0 Å². The Bertz CT molecular complexity index is 321. The summed E-state index contributed by atoms with van der Waals surface area (Å²) in [4.78, 5) is 0. The Morgan fingerprint density at radius 2 is 1.15 bits per heavy atom. The van der Waals surface area contributed by atoms with E-state index in [1.807, 2.05) is 0 Å². The van der Waals surface area contributed by atoms with Gasteiger partial charge in [0.2, 0.25) is 0 Å². The highest BCUT2D eigenvalue weighted by Crippen LogP contribution is 2.12. The van der Waals surface area contributed by atoms with Gasteiger partial charge in [-0.3, -0.25) is 4.55 Å². The summed E-state index contributed by atoms with van der Waals surface area (Å²) in [5.41, 5.74) is 0. The summed E-state index contributed by atoms with van der Waals surface area (Å²) in [5.74, 6) is 0. The van der Waals surface area contributed by atoms with Gasteiger partial charge >= 0.3 is 0 Å². The molecule has 0 aromatic heterocycles. The molecule has 0 radical (unpaired) electrons. The first-order chi connectivity index (χ1) is 9.56. The molecule has 0 aliphatic carbocycles. The number of hydrogen-bond donors (Lipinski definition) is 1. The van der Waals surface area contributed by atoms with Crippen LogP contribution in [0.1, 0.15) is 90.4 Å². The quantitative estimate of drug-likeness (QED) is 0.341. The maximum absolute atomic E-state index is 10.4. The number of allylic oxidation sites excluding steroid dienone is 1. The van der Waals surface area contributed by atoms with Crippen molar-refractivity contribution in [3.8, 4) is 0 Å². The van der Waals surface area contributed by atoms with E-state index in [1.165, 1.54) is 70.3 Å². The summed E-state index contributed by atoms with van der Waals surface area (Å²) in [5, 5.41) is 0.880. The molecule has 0 aromatic rings. The zero-order valence-electron chi connectivity index (χ0n) is 13.0. The van der Waals surface area contributed by atoms with Gasteiger partial charge in [-0.15, -0.1) is 0 Å². The minimum absolute atomic E-state index is 0.733. The molecule has 0 unspecified atom stereocenters. The molecule has 0 saturated carbocycles. The molecule has 0 rings (SSSR count). The van der Waals surface area contributed by atoms with Crippen molar-refractivity contribution < 1.29 is 13.0 Å². The monoisotopic (exact) mass is 304 g/mol. The molecule has 0 atom stereocenters. The lowest BCUT2D eigenvalue weighted by molar-refractivity contribution is 0.494. The zero-order valence-corrected chi connectivity index (χ0v) is 13.8. The third-order valence-electron chi connectivity index (χ3n) is 3.49. The summed E-state index contributed by atoms with van der Waals surface area (Å²) in [6.45, 7) is 2.25. The Kier molecular flexibility index (Phi) is 13.4. The predicted molar refractivity (Wildman–Crippen MR) is 86.4 cm³/mol. The topological polar surface area (TPSA) is 54.4 Å². The number of rotatable bonds is 14. The minimum atomic E-state index is -3.92. The molecule has 0 saturated heterocycles. The Morgan fingerprint density at radius 1 is 0.750 bits per heavy atom. The van der Waals surface area contributed by atoms with Crippen molar-refractivity contribution in [1.29, 1.82) is 0 Å². The van der Waals surface area contributed by atoms with Gasteiger partial charge in [-0.1, -0.05) is 83.6 Å². The van der Waals surface area contributed by atoms with Gasteiger partial charge in [0.25, 0.3) is 10.1 Å². The third kappa shape index (κ3) is 17.6. The lowest BCUT2D eigenvalue weighted by atomic mass is 10.0. The van der Waals surface area contributed by atoms with Crippen LogP contribution in [0, 0.1) is 0 Å². The van der Waals surface area contributed by atoms with Crippen LogP contribution in [0.2, 0.25) is 0 Å². The molecule has 3 nitrogen and oxygen atoms in total. The van der Waals surface area contributed by atoms with Crippen molar-refractivity contribution in [3.05, 3.63) is 11.5 Å². The van der Waals surface area contributed by atoms with E-state index in [4.69, 9.17) is 4.55 Å². The van der Waals surface area contributed by atoms with E-state index in [2.05, 4.69) is 6.92 Å². The molecular formula is C16H32O3S. The average molecular weight is 304 g/mol. The first kappa shape index (κ1) is 19.7. The maximum atomic E-state index is 10.4. The second-order valence-corrected chi connectivity index (χ2v) is 6.87. The van der Waals surface area contributed by atoms with Gasteiger partial charge < -0.3 is 0 Å². The molecule has 20 heavy (non-hydrogen) atoms. The van der Waals surface area contributed by atoms with Gasteiger partial charge in [-0.25, -0.2) is 0 Å². The Labute approximate surface area is 125 Å². The summed E-state index contributed by atoms with van der Waals surface area (Å²) in [6, 6.07) is 0. The van der Waals surface area contributed by atoms with Crippen LogP contribution in [0.25, 0.3) is 0 Å². The highest BCUT2D eigenvalue weighted by molar-refractivity contribution is 7.88. The number of hydrogen-bond acceptors (Lipinski definition) is 2. The molecule has 1 N–H and O–H groups in total. The molecule has 0 aromatic carbocycles. The third-order valence-corrected chi connectivity index (χ3v) is 4.03. The van der Waals surface area contributed by atoms with Crippen LogP contribution in [-0.2, 0) is 10.1 Å². The van der Waals surface area contributed by atoms with Crippen molar-refractivity contribution in [3.63, 3.8) is 0 Å². The van der Waals surface area contributed by atoms with Crippen LogP contribution in [-0.4, -0.2) is 13.0 Å². The summed E-state index contributed by atoms with van der Waals surface area (Å²) in [7, 11) is -3.92. The van der Waals surface area contributed by atoms with Crippen LogP contribution in [0.15, 0.2) is 11.5 Å². The standard InChI is InChI=1S/C16H32O3S/c1-2-3-4-5-6-7-8-9-10-11-12-13-14-15-16-20(17,18)19/h15-16H,2-14H2,1H3,(H,17,18,19). The smallest absolute Gasteiger partial charge is 0.282 e. The molecular weight excluding hydrogens is 272 g/mol. The lowest BCUT2D eigenvalue weighted by Crippen LogP contribution is -1.89. The summed E-state index contributed by atoms with van der Waals surface area (Å²) in [6.07, 6.45) is 17.9. The Morgan fingerprint density at radius 3 is 1.55 bits per heavy atom. The predicted octanol–water partition coefficient (Wildman–Crippen LogP) is 5.48. The molecule has 4 heteroatoms. The van der Waals surface area contributed by atoms with Crippen LogP contribution >= 0.6 is 0 Å². The molecule has 0 heterocycles. The van der Waals surface area contributed by atoms with Crippen LogP contribution < -0.4 is 0 Å². The molecule has 0 amide bonds. The fraction of sp³-hybridized carbons (Fsp3) is 0.875. The van der Waals surface area contributed by atoms with E-state index >= 15 is 0 Å². The molecule has 120 valence electrons. The fourth-order valence-corrected chi connectivity index (χ4v) is 2.67. The van der Waals surface area contributed by atoms with E-state index in [-0.39, 0.29) is 0 Å². The first-order valence-electron chi connectivity index (χ1n) is 8.20. The largest absolute Gasteiger partial charge is 0.287 e. The second-order valence-electron chi connectivity index (χ2n) is 5.56. The lowest BCUT2D eigenvalue weighted by Gasteiger charge is -2.02. The molecule has 0 spiro atoms. The van der Waals surface area contributed by atoms with Gasteiger partial charge in [0, 0.05) is 0 Å². The molecule has 0 bridgehead atoms. The maximum Gasteiger partial charge on any atom is 0.287 e. The highest BCUT2D eigenvalue weighted by atomic mass is 32.2. The second kappa shape index (κ2) is 13.6. The van der Waals surface area contributed by atoms with E-state index in [0.29, 0.717) is 0 Å². The fourth-order valence-electron chi connectivity index (χ4n) is 2.29. The summed E-state index contributed by atoms with van der Waals surface area (Å²) < 4.78 is 29.3. The van der Waals surface area contributed by atoms with E-state index < -0.39 is 10.1 Å². The highest BCUT2D eigenvalue weighted by Gasteiger charge is 1.95. The van der Waals surface area contributed by atoms with E-state index in [0.717, 1.165) is 24.7 Å². The van der Waals surface area contributed by atoms with Gasteiger partial charge in [0.15, 0.2) is 0 Å². The van der Waals surface area contributed by atoms with Crippen molar-refractivity contribution >= 4 is 10.1 Å². The molecule has 0 aliphatic heterocycles. The van der Waals surface area contributed by atoms with Crippen LogP contribution in [0.5, 0.6) is 0 Å². The van der Waals surface area contributed by atoms with Crippen LogP contribution in [0.3, 0.4) is 0 Å². The Hall–Kier alpha value is -0.350. The van der Waals surface area contributed by atoms with Gasteiger partial charge in [0.1, 0.15) is 0 Å². The zero-order chi connectivity index (χ0) is 15.1. The Balaban J connectivity index is 3.12. The molecule has 0 aliphatic rings. The summed E-state index contributed by atoms with van der Waals surface area (Å²) >= 11 is 0. The molecule has 0 fully saturated rings. The average Bonchev–Trinajstić information content (AvgIpc) is 2.38. The van der Waals surface area contributed by atoms with Gasteiger partial charge in [-0.05, 0) is 12.8 Å². The van der Waals surface area contributed by atoms with Crippen LogP contribution in [0.4, 0.5) is 0 Å². The van der Waals surface area contributed by atoms with Crippen molar-refractivity contribution in [2.45, 2.75) is 90.4 Å².